The summed E-state index contributed by atoms with van der Waals surface area (Å²) in [6.45, 7) is -0.479. The molecule has 1 atom stereocenters. The smallest absolute Gasteiger partial charge is 0.387 e. The van der Waals surface area contributed by atoms with Crippen molar-refractivity contribution < 1.29 is 40.3 Å². The Morgan fingerprint density at radius 2 is 1.61 bits per heavy atom. The van der Waals surface area contributed by atoms with Crippen LogP contribution in [0.3, 0.4) is 0 Å². The van der Waals surface area contributed by atoms with Crippen LogP contribution in [0.4, 0.5) is 22.0 Å². The Hall–Kier alpha value is -2.53. The van der Waals surface area contributed by atoms with Crippen LogP contribution >= 0.6 is 0 Å². The van der Waals surface area contributed by atoms with Crippen LogP contribution in [0.15, 0.2) is 53.4 Å². The number of halogens is 5. The molecule has 2 N–H and O–H groups in total. The van der Waals surface area contributed by atoms with Gasteiger partial charge in [-0.2, -0.15) is 22.0 Å². The van der Waals surface area contributed by atoms with Gasteiger partial charge in [0.15, 0.2) is 0 Å². The van der Waals surface area contributed by atoms with Crippen molar-refractivity contribution >= 4 is 15.7 Å². The second kappa shape index (κ2) is 8.23. The van der Waals surface area contributed by atoms with Gasteiger partial charge < -0.3 is 10.4 Å². The average molecular weight is 423 g/mol. The second-order valence-electron chi connectivity index (χ2n) is 5.65. The van der Waals surface area contributed by atoms with Gasteiger partial charge in [0.1, 0.15) is 0 Å². The van der Waals surface area contributed by atoms with E-state index in [4.69, 9.17) is 0 Å². The van der Waals surface area contributed by atoms with Gasteiger partial charge in [-0.3, -0.25) is 4.79 Å². The zero-order chi connectivity index (χ0) is 21.1. The summed E-state index contributed by atoms with van der Waals surface area (Å²) in [5.41, 5.74) is -1.39. The molecule has 0 aliphatic heterocycles. The van der Waals surface area contributed by atoms with Crippen LogP contribution in [0.5, 0.6) is 0 Å². The van der Waals surface area contributed by atoms with Crippen LogP contribution in [0, 0.1) is 0 Å². The van der Waals surface area contributed by atoms with Gasteiger partial charge in [0.05, 0.1) is 22.1 Å². The molecule has 0 radical (unpaired) electrons. The van der Waals surface area contributed by atoms with Crippen LogP contribution in [-0.2, 0) is 16.0 Å². The van der Waals surface area contributed by atoms with Gasteiger partial charge in [-0.1, -0.05) is 24.3 Å². The summed E-state index contributed by atoms with van der Waals surface area (Å²) in [4.78, 5) is 11.3. The molecule has 11 heteroatoms. The Kier molecular flexibility index (Phi) is 6.40. The largest absolute Gasteiger partial charge is 0.416 e. The van der Waals surface area contributed by atoms with E-state index in [-0.39, 0.29) is 5.56 Å². The van der Waals surface area contributed by atoms with Crippen LogP contribution in [0.25, 0.3) is 0 Å². The number of aliphatic hydroxyl groups excluding tert-OH is 1. The van der Waals surface area contributed by atoms with E-state index in [0.29, 0.717) is 0 Å². The summed E-state index contributed by atoms with van der Waals surface area (Å²) in [7, 11) is -5.03. The molecule has 2 aromatic carbocycles. The maximum Gasteiger partial charge on any atom is 0.416 e. The number of nitrogens with one attached hydrogen (secondary N) is 1. The highest BCUT2D eigenvalue weighted by molar-refractivity contribution is 7.91. The highest BCUT2D eigenvalue weighted by Gasteiger charge is 2.31. The van der Waals surface area contributed by atoms with E-state index in [0.717, 1.165) is 36.4 Å². The summed E-state index contributed by atoms with van der Waals surface area (Å²) >= 11 is 0. The zero-order valence-electron chi connectivity index (χ0n) is 14.0. The van der Waals surface area contributed by atoms with Crippen molar-refractivity contribution in [2.75, 3.05) is 6.54 Å². The van der Waals surface area contributed by atoms with E-state index in [2.05, 4.69) is 5.32 Å². The number of aliphatic hydroxyl groups is 1. The predicted octanol–water partition coefficient (Wildman–Crippen LogP) is 3.17. The molecule has 2 aromatic rings. The quantitative estimate of drug-likeness (QED) is 0.700. The highest BCUT2D eigenvalue weighted by atomic mass is 32.2. The fourth-order valence-electron chi connectivity index (χ4n) is 2.30. The van der Waals surface area contributed by atoms with Gasteiger partial charge in [-0.25, -0.2) is 8.42 Å². The molecule has 0 fully saturated rings. The lowest BCUT2D eigenvalue weighted by Crippen LogP contribution is -2.30. The molecule has 0 heterocycles. The fraction of sp³-hybridized carbons (Fsp3) is 0.235. The molecule has 1 amide bonds. The van der Waals surface area contributed by atoms with E-state index < -0.39 is 56.3 Å². The van der Waals surface area contributed by atoms with Crippen molar-refractivity contribution in [3.63, 3.8) is 0 Å². The van der Waals surface area contributed by atoms with Crippen molar-refractivity contribution in [2.45, 2.75) is 22.9 Å². The third kappa shape index (κ3) is 4.84. The maximum atomic E-state index is 12.8. The average Bonchev–Trinajstić information content (AvgIpc) is 2.65. The highest BCUT2D eigenvalue weighted by Crippen LogP contribution is 2.30. The number of amides is 1. The minimum absolute atomic E-state index is 0.0711. The number of carbonyl (C=O) groups is 1. The number of hydrogen-bond acceptors (Lipinski definition) is 4. The molecule has 2 rings (SSSR count). The maximum absolute atomic E-state index is 12.8. The lowest BCUT2D eigenvalue weighted by Gasteiger charge is -2.15. The molecular weight excluding hydrogens is 409 g/mol. The minimum atomic E-state index is -5.03. The molecule has 0 saturated carbocycles. The van der Waals surface area contributed by atoms with Crippen LogP contribution in [0.2, 0.25) is 0 Å². The molecule has 0 aliphatic carbocycles. The first kappa shape index (κ1) is 21.8. The van der Waals surface area contributed by atoms with Crippen LogP contribution in [-0.4, -0.2) is 31.7 Å². The van der Waals surface area contributed by atoms with Gasteiger partial charge >= 0.3 is 11.9 Å². The summed E-state index contributed by atoms with van der Waals surface area (Å²) < 4.78 is 86.4. The second-order valence-corrected chi connectivity index (χ2v) is 7.53. The van der Waals surface area contributed by atoms with Crippen molar-refractivity contribution in [1.82, 2.24) is 5.32 Å². The van der Waals surface area contributed by atoms with Gasteiger partial charge in [0, 0.05) is 6.54 Å². The van der Waals surface area contributed by atoms with Gasteiger partial charge in [-0.05, 0) is 29.8 Å². The number of rotatable bonds is 6. The number of benzene rings is 2. The van der Waals surface area contributed by atoms with Crippen molar-refractivity contribution in [1.29, 1.82) is 0 Å². The number of carbonyl (C=O) groups excluding carboxylic acids is 1. The zero-order valence-corrected chi connectivity index (χ0v) is 14.8. The topological polar surface area (TPSA) is 83.5 Å². The molecule has 0 saturated heterocycles. The summed E-state index contributed by atoms with van der Waals surface area (Å²) in [6.07, 6.45) is -5.94. The molecule has 28 heavy (non-hydrogen) atoms. The fourth-order valence-corrected chi connectivity index (χ4v) is 3.22. The number of sulfone groups is 1. The van der Waals surface area contributed by atoms with E-state index >= 15 is 0 Å². The van der Waals surface area contributed by atoms with E-state index in [1.165, 1.54) is 12.1 Å². The molecule has 152 valence electrons. The SMILES string of the molecule is O=C(NC[C@H](O)c1ccc(C(F)(F)F)cc1)c1ccccc1S(=O)(=O)C(F)F. The van der Waals surface area contributed by atoms with Crippen molar-refractivity contribution in [3.8, 4) is 0 Å². The van der Waals surface area contributed by atoms with Crippen molar-refractivity contribution in [3.05, 3.63) is 65.2 Å². The van der Waals surface area contributed by atoms with Gasteiger partial charge in [-0.15, -0.1) is 0 Å². The van der Waals surface area contributed by atoms with Gasteiger partial charge in [0.2, 0.25) is 9.84 Å². The Morgan fingerprint density at radius 3 is 2.14 bits per heavy atom. The standard InChI is InChI=1S/C17H14F5NO4S/c18-16(19)28(26,27)14-4-2-1-3-12(14)15(25)23-9-13(24)10-5-7-11(8-6-10)17(20,21)22/h1-8,13,16,24H,9H2,(H,23,25)/t13-/m0/s1. The number of alkyl halides is 5. The number of hydrogen-bond donors (Lipinski definition) is 2. The Labute approximate surface area is 156 Å². The lowest BCUT2D eigenvalue weighted by atomic mass is 10.1. The van der Waals surface area contributed by atoms with Gasteiger partial charge in [0.25, 0.3) is 5.91 Å². The predicted molar refractivity (Wildman–Crippen MR) is 88.4 cm³/mol. The third-order valence-electron chi connectivity index (χ3n) is 3.75. The van der Waals surface area contributed by atoms with Crippen molar-refractivity contribution in [2.24, 2.45) is 0 Å². The normalized spacial score (nSPS) is 13.4. The first-order chi connectivity index (χ1) is 12.9. The molecule has 0 spiro atoms. The summed E-state index contributed by atoms with van der Waals surface area (Å²) in [5.74, 6) is -4.76. The van der Waals surface area contributed by atoms with Crippen LogP contribution < -0.4 is 5.32 Å². The Morgan fingerprint density at radius 1 is 1.04 bits per heavy atom. The monoisotopic (exact) mass is 423 g/mol. The van der Waals surface area contributed by atoms with E-state index in [1.807, 2.05) is 0 Å². The van der Waals surface area contributed by atoms with E-state index in [1.54, 1.807) is 0 Å². The Balaban J connectivity index is 2.13. The lowest BCUT2D eigenvalue weighted by molar-refractivity contribution is -0.137. The first-order valence-electron chi connectivity index (χ1n) is 7.69. The molecule has 0 aliphatic rings. The van der Waals surface area contributed by atoms with Crippen LogP contribution in [0.1, 0.15) is 27.6 Å². The summed E-state index contributed by atoms with van der Waals surface area (Å²) in [6, 6.07) is 7.87. The third-order valence-corrected chi connectivity index (χ3v) is 5.19. The summed E-state index contributed by atoms with van der Waals surface area (Å²) in [5, 5.41) is 12.2. The minimum Gasteiger partial charge on any atom is -0.387 e. The molecule has 0 unspecified atom stereocenters. The molecule has 0 aromatic heterocycles. The first-order valence-corrected chi connectivity index (χ1v) is 9.23. The molecule has 0 bridgehead atoms. The van der Waals surface area contributed by atoms with E-state index in [9.17, 15) is 40.3 Å². The Bertz CT molecular complexity index is 943. The molecule has 5 nitrogen and oxygen atoms in total. The molecular formula is C17H14F5NO4S.